The Hall–Kier alpha value is -2.15. The average molecular weight is 326 g/mol. The molecule has 0 spiro atoms. The van der Waals surface area contributed by atoms with Crippen LogP contribution in [0, 0.1) is 11.6 Å². The Bertz CT molecular complexity index is 762. The first-order valence-electron chi connectivity index (χ1n) is 6.54. The van der Waals surface area contributed by atoms with E-state index in [-0.39, 0.29) is 11.7 Å². The summed E-state index contributed by atoms with van der Waals surface area (Å²) in [5.74, 6) is -1.06. The van der Waals surface area contributed by atoms with Gasteiger partial charge in [0.05, 0.1) is 11.9 Å². The maximum atomic E-state index is 13.6. The molecule has 118 valence electrons. The van der Waals surface area contributed by atoms with Crippen LogP contribution >= 0.6 is 0 Å². The Labute approximate surface area is 128 Å². The summed E-state index contributed by atoms with van der Waals surface area (Å²) in [6.07, 6.45) is 1.07. The third-order valence-corrected chi connectivity index (χ3v) is 3.62. The van der Waals surface area contributed by atoms with Crippen LogP contribution in [0.3, 0.4) is 0 Å². The van der Waals surface area contributed by atoms with Crippen LogP contribution in [-0.2, 0) is 10.0 Å². The molecule has 0 fully saturated rings. The zero-order valence-corrected chi connectivity index (χ0v) is 12.9. The number of nitrogens with one attached hydrogen (secondary N) is 2. The maximum Gasteiger partial charge on any atom is 0.229 e. The first kappa shape index (κ1) is 16.2. The highest BCUT2D eigenvalue weighted by Gasteiger charge is 2.10. The van der Waals surface area contributed by atoms with E-state index in [4.69, 9.17) is 0 Å². The van der Waals surface area contributed by atoms with Gasteiger partial charge in [0.2, 0.25) is 10.0 Å². The van der Waals surface area contributed by atoms with Gasteiger partial charge in [-0.2, -0.15) is 0 Å². The Balaban J connectivity index is 2.13. The molecule has 0 unspecified atom stereocenters. The first-order chi connectivity index (χ1) is 10.2. The molecule has 0 saturated heterocycles. The highest BCUT2D eigenvalue weighted by atomic mass is 32.2. The molecule has 0 aliphatic carbocycles. The SMILES string of the molecule is C[C@H](Nc1cc(F)ccc1F)c1ccc(NS(C)(=O)=O)cc1. The predicted molar refractivity (Wildman–Crippen MR) is 83.3 cm³/mol. The molecule has 0 heterocycles. The fraction of sp³-hybridized carbons (Fsp3) is 0.200. The molecule has 0 aliphatic rings. The second kappa shape index (κ2) is 6.31. The van der Waals surface area contributed by atoms with Crippen molar-refractivity contribution in [1.29, 1.82) is 0 Å². The van der Waals surface area contributed by atoms with Gasteiger partial charge in [-0.3, -0.25) is 4.72 Å². The zero-order chi connectivity index (χ0) is 16.3. The normalized spacial score (nSPS) is 12.7. The first-order valence-corrected chi connectivity index (χ1v) is 8.43. The van der Waals surface area contributed by atoms with Gasteiger partial charge in [-0.15, -0.1) is 0 Å². The van der Waals surface area contributed by atoms with E-state index in [0.29, 0.717) is 5.69 Å². The molecule has 0 saturated carbocycles. The van der Waals surface area contributed by atoms with Crippen molar-refractivity contribution in [2.75, 3.05) is 16.3 Å². The van der Waals surface area contributed by atoms with Crippen LogP contribution in [-0.4, -0.2) is 14.7 Å². The van der Waals surface area contributed by atoms with E-state index in [1.165, 1.54) is 0 Å². The molecule has 22 heavy (non-hydrogen) atoms. The smallest absolute Gasteiger partial charge is 0.229 e. The second-order valence-corrected chi connectivity index (χ2v) is 6.73. The van der Waals surface area contributed by atoms with Gasteiger partial charge in [0.25, 0.3) is 0 Å². The number of anilines is 2. The fourth-order valence-electron chi connectivity index (χ4n) is 1.98. The van der Waals surface area contributed by atoms with Gasteiger partial charge in [-0.1, -0.05) is 12.1 Å². The van der Waals surface area contributed by atoms with Crippen molar-refractivity contribution in [1.82, 2.24) is 0 Å². The maximum absolute atomic E-state index is 13.6. The molecule has 0 bridgehead atoms. The van der Waals surface area contributed by atoms with Gasteiger partial charge in [0.1, 0.15) is 11.6 Å². The van der Waals surface area contributed by atoms with E-state index >= 15 is 0 Å². The molecule has 0 aromatic heterocycles. The topological polar surface area (TPSA) is 58.2 Å². The molecule has 2 aromatic rings. The Morgan fingerprint density at radius 3 is 2.27 bits per heavy atom. The summed E-state index contributed by atoms with van der Waals surface area (Å²) in [5, 5.41) is 2.88. The molecule has 2 rings (SSSR count). The number of hydrogen-bond donors (Lipinski definition) is 2. The van der Waals surface area contributed by atoms with E-state index in [1.807, 2.05) is 0 Å². The number of sulfonamides is 1. The second-order valence-electron chi connectivity index (χ2n) is 4.99. The highest BCUT2D eigenvalue weighted by Crippen LogP contribution is 2.23. The molecule has 2 aromatic carbocycles. The molecule has 4 nitrogen and oxygen atoms in total. The van der Waals surface area contributed by atoms with Gasteiger partial charge < -0.3 is 5.32 Å². The molecular formula is C15H16F2N2O2S. The van der Waals surface area contributed by atoms with Crippen LogP contribution in [0.2, 0.25) is 0 Å². The van der Waals surface area contributed by atoms with Crippen molar-refractivity contribution in [2.24, 2.45) is 0 Å². The van der Waals surface area contributed by atoms with E-state index in [9.17, 15) is 17.2 Å². The summed E-state index contributed by atoms with van der Waals surface area (Å²) < 4.78 is 51.3. The highest BCUT2D eigenvalue weighted by molar-refractivity contribution is 7.92. The molecule has 1 atom stereocenters. The van der Waals surface area contributed by atoms with E-state index < -0.39 is 21.7 Å². The molecular weight excluding hydrogens is 310 g/mol. The van der Waals surface area contributed by atoms with Crippen molar-refractivity contribution in [3.63, 3.8) is 0 Å². The molecule has 7 heteroatoms. The lowest BCUT2D eigenvalue weighted by molar-refractivity contribution is 0.600. The summed E-state index contributed by atoms with van der Waals surface area (Å²) in [6, 6.07) is 9.56. The van der Waals surface area contributed by atoms with Gasteiger partial charge in [0, 0.05) is 11.7 Å². The minimum Gasteiger partial charge on any atom is -0.376 e. The lowest BCUT2D eigenvalue weighted by Crippen LogP contribution is -2.10. The fourth-order valence-corrected chi connectivity index (χ4v) is 2.54. The summed E-state index contributed by atoms with van der Waals surface area (Å²) in [6.45, 7) is 1.79. The third kappa shape index (κ3) is 4.42. The standard InChI is InChI=1S/C15H16F2N2O2S/c1-10(18-15-9-12(16)5-8-14(15)17)11-3-6-13(7-4-11)19-22(2,20)21/h3-10,18-19H,1-2H3/t10-/m0/s1. The van der Waals surface area contributed by atoms with Crippen molar-refractivity contribution in [3.8, 4) is 0 Å². The predicted octanol–water partition coefficient (Wildman–Crippen LogP) is 3.51. The van der Waals surface area contributed by atoms with Gasteiger partial charge >= 0.3 is 0 Å². The lowest BCUT2D eigenvalue weighted by Gasteiger charge is -2.17. The zero-order valence-electron chi connectivity index (χ0n) is 12.1. The monoisotopic (exact) mass is 326 g/mol. The summed E-state index contributed by atoms with van der Waals surface area (Å²) >= 11 is 0. The number of benzene rings is 2. The molecule has 2 N–H and O–H groups in total. The quantitative estimate of drug-likeness (QED) is 0.884. The number of hydrogen-bond acceptors (Lipinski definition) is 3. The van der Waals surface area contributed by atoms with Crippen LogP contribution in [0.5, 0.6) is 0 Å². The van der Waals surface area contributed by atoms with Crippen molar-refractivity contribution in [2.45, 2.75) is 13.0 Å². The lowest BCUT2D eigenvalue weighted by atomic mass is 10.1. The third-order valence-electron chi connectivity index (χ3n) is 3.01. The van der Waals surface area contributed by atoms with Crippen LogP contribution in [0.25, 0.3) is 0 Å². The van der Waals surface area contributed by atoms with Gasteiger partial charge in [0.15, 0.2) is 0 Å². The van der Waals surface area contributed by atoms with Gasteiger partial charge in [-0.25, -0.2) is 17.2 Å². The summed E-state index contributed by atoms with van der Waals surface area (Å²) in [5.41, 5.74) is 1.32. The van der Waals surface area contributed by atoms with Gasteiger partial charge in [-0.05, 0) is 42.8 Å². The van der Waals surface area contributed by atoms with Crippen LogP contribution in [0.4, 0.5) is 20.2 Å². The number of rotatable bonds is 5. The van der Waals surface area contributed by atoms with Crippen LogP contribution < -0.4 is 10.0 Å². The minimum absolute atomic E-state index is 0.0748. The Kier molecular flexibility index (Phi) is 4.65. The molecule has 0 aliphatic heterocycles. The molecule has 0 radical (unpaired) electrons. The minimum atomic E-state index is -3.33. The molecule has 0 amide bonds. The van der Waals surface area contributed by atoms with Crippen molar-refractivity contribution >= 4 is 21.4 Å². The largest absolute Gasteiger partial charge is 0.376 e. The van der Waals surface area contributed by atoms with E-state index in [2.05, 4.69) is 10.0 Å². The van der Waals surface area contributed by atoms with E-state index in [1.54, 1.807) is 31.2 Å². The summed E-state index contributed by atoms with van der Waals surface area (Å²) in [7, 11) is -3.33. The Morgan fingerprint density at radius 1 is 1.05 bits per heavy atom. The number of halogens is 2. The summed E-state index contributed by atoms with van der Waals surface area (Å²) in [4.78, 5) is 0. The van der Waals surface area contributed by atoms with Crippen molar-refractivity contribution in [3.05, 3.63) is 59.7 Å². The van der Waals surface area contributed by atoms with Crippen molar-refractivity contribution < 1.29 is 17.2 Å². The van der Waals surface area contributed by atoms with E-state index in [0.717, 1.165) is 30.0 Å². The average Bonchev–Trinajstić information content (AvgIpc) is 2.42. The van der Waals surface area contributed by atoms with Crippen LogP contribution in [0.15, 0.2) is 42.5 Å². The van der Waals surface area contributed by atoms with Crippen LogP contribution in [0.1, 0.15) is 18.5 Å². The Morgan fingerprint density at radius 2 is 1.68 bits per heavy atom.